The van der Waals surface area contributed by atoms with Gasteiger partial charge >= 0.3 is 0 Å². The van der Waals surface area contributed by atoms with E-state index < -0.39 is 0 Å². The van der Waals surface area contributed by atoms with Crippen LogP contribution in [0.3, 0.4) is 0 Å². The summed E-state index contributed by atoms with van der Waals surface area (Å²) in [5.41, 5.74) is 8.17. The van der Waals surface area contributed by atoms with Crippen LogP contribution in [0.15, 0.2) is 85.3 Å². The molecule has 1 aliphatic rings. The van der Waals surface area contributed by atoms with Crippen molar-refractivity contribution in [2.45, 2.75) is 38.3 Å². The summed E-state index contributed by atoms with van der Waals surface area (Å²) in [6, 6.07) is 23.7. The molecule has 1 unspecified atom stereocenters. The van der Waals surface area contributed by atoms with Gasteiger partial charge in [-0.05, 0) is 42.0 Å². The predicted molar refractivity (Wildman–Crippen MR) is 148 cm³/mol. The lowest BCUT2D eigenvalue weighted by Gasteiger charge is -2.31. The van der Waals surface area contributed by atoms with E-state index in [-0.39, 0.29) is 6.61 Å². The molecule has 1 fully saturated rings. The molecule has 6 rings (SSSR count). The Morgan fingerprint density at radius 1 is 0.892 bits per heavy atom. The molecule has 6 heteroatoms. The number of nitrogens with one attached hydrogen (secondary N) is 2. The van der Waals surface area contributed by atoms with E-state index in [1.54, 1.807) is 6.20 Å². The van der Waals surface area contributed by atoms with Gasteiger partial charge in [0.25, 0.3) is 0 Å². The van der Waals surface area contributed by atoms with Crippen LogP contribution in [0.5, 0.6) is 0 Å². The summed E-state index contributed by atoms with van der Waals surface area (Å²) in [5, 5.41) is 21.4. The summed E-state index contributed by atoms with van der Waals surface area (Å²) in [4.78, 5) is 9.79. The fraction of sp³-hybridized carbons (Fsp3) is 0.258. The number of hydrogen-bond acceptors (Lipinski definition) is 5. The Labute approximate surface area is 216 Å². The molecule has 0 saturated heterocycles. The molecule has 0 bridgehead atoms. The summed E-state index contributed by atoms with van der Waals surface area (Å²) in [6.45, 7) is 1.07. The largest absolute Gasteiger partial charge is 0.396 e. The Morgan fingerprint density at radius 2 is 1.73 bits per heavy atom. The van der Waals surface area contributed by atoms with Gasteiger partial charge in [0, 0.05) is 53.7 Å². The zero-order valence-corrected chi connectivity index (χ0v) is 20.8. The van der Waals surface area contributed by atoms with Crippen LogP contribution in [-0.4, -0.2) is 37.9 Å². The van der Waals surface area contributed by atoms with Crippen molar-refractivity contribution in [2.24, 2.45) is 5.92 Å². The first kappa shape index (κ1) is 23.5. The standard InChI is InChI=1S/C31H31N5O/c37-20-24-8-4-5-9-28(24)33-17-21-10-12-23(13-11-21)31-26(22-6-2-1-3-7-22)16-27-29(36-31)14-15-32-30(27)25-18-34-35-19-25/h1-3,6-7,10-16,18-19,24,28,33,37H,4-5,8-9,17,20H2,(H,34,35)/t24-,28?/m0/s1. The molecule has 3 heterocycles. The maximum absolute atomic E-state index is 9.73. The third-order valence-electron chi connectivity index (χ3n) is 7.54. The van der Waals surface area contributed by atoms with Crippen LogP contribution in [0.4, 0.5) is 0 Å². The van der Waals surface area contributed by atoms with Gasteiger partial charge in [-0.25, -0.2) is 4.98 Å². The average molecular weight is 490 g/mol. The van der Waals surface area contributed by atoms with E-state index in [1.165, 1.54) is 18.4 Å². The van der Waals surface area contributed by atoms with Crippen LogP contribution in [0.25, 0.3) is 44.5 Å². The van der Waals surface area contributed by atoms with Gasteiger partial charge in [-0.15, -0.1) is 0 Å². The quantitative estimate of drug-likeness (QED) is 0.261. The second-order valence-electron chi connectivity index (χ2n) is 9.88. The molecule has 3 aromatic heterocycles. The lowest BCUT2D eigenvalue weighted by Crippen LogP contribution is -2.39. The van der Waals surface area contributed by atoms with Gasteiger partial charge < -0.3 is 10.4 Å². The first-order valence-electron chi connectivity index (χ1n) is 13.1. The van der Waals surface area contributed by atoms with Crippen molar-refractivity contribution in [3.05, 3.63) is 90.9 Å². The Morgan fingerprint density at radius 3 is 2.51 bits per heavy atom. The molecule has 0 spiro atoms. The molecule has 3 N–H and O–H groups in total. The Kier molecular flexibility index (Phi) is 6.76. The predicted octanol–water partition coefficient (Wildman–Crippen LogP) is 5.99. The van der Waals surface area contributed by atoms with E-state index >= 15 is 0 Å². The summed E-state index contributed by atoms with van der Waals surface area (Å²) >= 11 is 0. The first-order chi connectivity index (χ1) is 18.3. The van der Waals surface area contributed by atoms with E-state index in [0.29, 0.717) is 12.0 Å². The van der Waals surface area contributed by atoms with Gasteiger partial charge in [-0.1, -0.05) is 67.4 Å². The minimum absolute atomic E-state index is 0.268. The topological polar surface area (TPSA) is 86.7 Å². The second-order valence-corrected chi connectivity index (χ2v) is 9.88. The van der Waals surface area contributed by atoms with Crippen LogP contribution in [-0.2, 0) is 6.54 Å². The number of aromatic amines is 1. The number of benzene rings is 2. The molecule has 0 amide bonds. The molecule has 2 atom stereocenters. The Balaban J connectivity index is 1.35. The molecule has 0 radical (unpaired) electrons. The number of fused-ring (bicyclic) bond motifs is 1. The van der Waals surface area contributed by atoms with E-state index in [4.69, 9.17) is 4.98 Å². The number of hydrogen-bond donors (Lipinski definition) is 3. The monoisotopic (exact) mass is 489 g/mol. The summed E-state index contributed by atoms with van der Waals surface area (Å²) in [7, 11) is 0. The van der Waals surface area contributed by atoms with Crippen molar-refractivity contribution in [1.82, 2.24) is 25.5 Å². The third kappa shape index (κ3) is 4.90. The lowest BCUT2D eigenvalue weighted by molar-refractivity contribution is 0.152. The number of H-pyrrole nitrogens is 1. The summed E-state index contributed by atoms with van der Waals surface area (Å²) in [5.74, 6) is 0.365. The summed E-state index contributed by atoms with van der Waals surface area (Å²) < 4.78 is 0. The summed E-state index contributed by atoms with van der Waals surface area (Å²) in [6.07, 6.45) is 10.2. The molecule has 37 heavy (non-hydrogen) atoms. The second kappa shape index (κ2) is 10.6. The highest BCUT2D eigenvalue weighted by atomic mass is 16.3. The van der Waals surface area contributed by atoms with E-state index in [0.717, 1.165) is 63.9 Å². The number of aromatic nitrogens is 4. The first-order valence-corrected chi connectivity index (χ1v) is 13.1. The maximum atomic E-state index is 9.73. The zero-order valence-electron chi connectivity index (χ0n) is 20.8. The minimum Gasteiger partial charge on any atom is -0.396 e. The zero-order chi connectivity index (χ0) is 25.0. The van der Waals surface area contributed by atoms with Crippen LogP contribution in [0, 0.1) is 5.92 Å². The van der Waals surface area contributed by atoms with Crippen molar-refractivity contribution in [3.8, 4) is 33.6 Å². The number of aliphatic hydroxyl groups excluding tert-OH is 1. The van der Waals surface area contributed by atoms with Crippen LogP contribution in [0.1, 0.15) is 31.2 Å². The van der Waals surface area contributed by atoms with Gasteiger partial charge in [0.15, 0.2) is 0 Å². The Bertz CT molecular complexity index is 1470. The van der Waals surface area contributed by atoms with Crippen molar-refractivity contribution in [3.63, 3.8) is 0 Å². The molecule has 2 aromatic carbocycles. The normalized spacial score (nSPS) is 17.8. The molecule has 6 nitrogen and oxygen atoms in total. The third-order valence-corrected chi connectivity index (χ3v) is 7.54. The van der Waals surface area contributed by atoms with Gasteiger partial charge in [0.1, 0.15) is 0 Å². The van der Waals surface area contributed by atoms with Crippen LogP contribution < -0.4 is 5.32 Å². The van der Waals surface area contributed by atoms with Gasteiger partial charge in [0.2, 0.25) is 0 Å². The molecular formula is C31H31N5O. The minimum atomic E-state index is 0.268. The van der Waals surface area contributed by atoms with Crippen LogP contribution >= 0.6 is 0 Å². The SMILES string of the molecule is OC[C@@H]1CCCCC1NCc1ccc(-c2nc3ccnc(-c4cn[nH]c4)c3cc2-c2ccccc2)cc1. The van der Waals surface area contributed by atoms with Gasteiger partial charge in [0.05, 0.1) is 23.1 Å². The number of aliphatic hydroxyl groups is 1. The molecular weight excluding hydrogens is 458 g/mol. The fourth-order valence-electron chi connectivity index (χ4n) is 5.49. The van der Waals surface area contributed by atoms with E-state index in [9.17, 15) is 5.11 Å². The number of rotatable bonds is 7. The molecule has 1 aliphatic carbocycles. The highest BCUT2D eigenvalue weighted by Gasteiger charge is 2.23. The highest BCUT2D eigenvalue weighted by molar-refractivity contribution is 5.98. The van der Waals surface area contributed by atoms with E-state index in [1.807, 2.05) is 24.5 Å². The maximum Gasteiger partial charge on any atom is 0.0827 e. The number of nitrogens with zero attached hydrogens (tertiary/aromatic N) is 3. The van der Waals surface area contributed by atoms with Crippen LogP contribution in [0.2, 0.25) is 0 Å². The van der Waals surface area contributed by atoms with Crippen molar-refractivity contribution in [1.29, 1.82) is 0 Å². The van der Waals surface area contributed by atoms with Crippen molar-refractivity contribution >= 4 is 10.9 Å². The molecule has 1 saturated carbocycles. The van der Waals surface area contributed by atoms with Gasteiger partial charge in [-0.2, -0.15) is 5.10 Å². The molecule has 0 aliphatic heterocycles. The van der Waals surface area contributed by atoms with Gasteiger partial charge in [-0.3, -0.25) is 10.1 Å². The van der Waals surface area contributed by atoms with E-state index in [2.05, 4.69) is 75.1 Å². The van der Waals surface area contributed by atoms with Crippen molar-refractivity contribution in [2.75, 3.05) is 6.61 Å². The van der Waals surface area contributed by atoms with Crippen molar-refractivity contribution < 1.29 is 5.11 Å². The smallest absolute Gasteiger partial charge is 0.0827 e. The average Bonchev–Trinajstić information content (AvgIpc) is 3.51. The molecule has 5 aromatic rings. The lowest BCUT2D eigenvalue weighted by atomic mass is 9.85. The Hall–Kier alpha value is -3.87. The fourth-order valence-corrected chi connectivity index (χ4v) is 5.49. The molecule has 186 valence electrons. The number of pyridine rings is 2. The highest BCUT2D eigenvalue weighted by Crippen LogP contribution is 2.36.